The van der Waals surface area contributed by atoms with Crippen LogP contribution in [0.2, 0.25) is 5.02 Å². The van der Waals surface area contributed by atoms with Crippen LogP contribution in [0.5, 0.6) is 0 Å². The van der Waals surface area contributed by atoms with Gasteiger partial charge in [-0.3, -0.25) is 0 Å². The smallest absolute Gasteiger partial charge is 0.0450 e. The third-order valence-electron chi connectivity index (χ3n) is 2.23. The molecule has 0 unspecified atom stereocenters. The Labute approximate surface area is 102 Å². The van der Waals surface area contributed by atoms with Gasteiger partial charge in [0.2, 0.25) is 0 Å². The summed E-state index contributed by atoms with van der Waals surface area (Å²) >= 11 is 7.95. The summed E-state index contributed by atoms with van der Waals surface area (Å²) in [7, 11) is 0. The van der Waals surface area contributed by atoms with Crippen molar-refractivity contribution in [2.75, 3.05) is 18.6 Å². The number of thioether (sulfide) groups is 1. The van der Waals surface area contributed by atoms with Gasteiger partial charge in [-0.1, -0.05) is 29.8 Å². The van der Waals surface area contributed by atoms with E-state index < -0.39 is 0 Å². The lowest BCUT2D eigenvalue weighted by Crippen LogP contribution is -2.15. The molecule has 0 spiro atoms. The van der Waals surface area contributed by atoms with Crippen LogP contribution in [0, 0.1) is 0 Å². The Morgan fingerprint density at radius 2 is 2.07 bits per heavy atom. The normalized spacial score (nSPS) is 10.5. The fraction of sp³-hybridized carbons (Fsp3) is 0.500. The Morgan fingerprint density at radius 1 is 1.27 bits per heavy atom. The molecule has 84 valence electrons. The van der Waals surface area contributed by atoms with E-state index in [1.165, 1.54) is 24.2 Å². The molecule has 0 radical (unpaired) electrons. The Hall–Kier alpha value is -0.180. The van der Waals surface area contributed by atoms with Crippen LogP contribution in [-0.2, 0) is 6.54 Å². The van der Waals surface area contributed by atoms with Crippen LogP contribution in [-0.4, -0.2) is 18.6 Å². The number of unbranched alkanes of at least 4 members (excludes halogenated alkanes) is 1. The number of hydrogen-bond donors (Lipinski definition) is 1. The Morgan fingerprint density at radius 3 is 2.80 bits per heavy atom. The lowest BCUT2D eigenvalue weighted by Gasteiger charge is -2.06. The predicted molar refractivity (Wildman–Crippen MR) is 70.8 cm³/mol. The van der Waals surface area contributed by atoms with Gasteiger partial charge in [0.25, 0.3) is 0 Å². The highest BCUT2D eigenvalue weighted by Gasteiger charge is 1.97. The van der Waals surface area contributed by atoms with Crippen molar-refractivity contribution >= 4 is 23.4 Å². The molecule has 15 heavy (non-hydrogen) atoms. The van der Waals surface area contributed by atoms with Crippen LogP contribution < -0.4 is 5.32 Å². The highest BCUT2D eigenvalue weighted by Crippen LogP contribution is 2.14. The van der Waals surface area contributed by atoms with E-state index in [9.17, 15) is 0 Å². The number of halogens is 1. The number of benzene rings is 1. The highest BCUT2D eigenvalue weighted by molar-refractivity contribution is 7.98. The second-order valence-electron chi connectivity index (χ2n) is 3.47. The SMILES string of the molecule is CSCCCCNCc1ccccc1Cl. The molecule has 0 aliphatic rings. The molecule has 1 aromatic rings. The van der Waals surface area contributed by atoms with Crippen LogP contribution in [0.15, 0.2) is 24.3 Å². The maximum atomic E-state index is 6.04. The van der Waals surface area contributed by atoms with Gasteiger partial charge in [-0.15, -0.1) is 0 Å². The Balaban J connectivity index is 2.12. The maximum absolute atomic E-state index is 6.04. The molecule has 1 aromatic carbocycles. The van der Waals surface area contributed by atoms with Crippen LogP contribution in [0.4, 0.5) is 0 Å². The maximum Gasteiger partial charge on any atom is 0.0450 e. The van der Waals surface area contributed by atoms with E-state index >= 15 is 0 Å². The molecule has 0 saturated heterocycles. The first-order valence-electron chi connectivity index (χ1n) is 5.27. The minimum atomic E-state index is 0.856. The van der Waals surface area contributed by atoms with Crippen molar-refractivity contribution in [3.63, 3.8) is 0 Å². The lowest BCUT2D eigenvalue weighted by atomic mass is 10.2. The molecule has 0 atom stereocenters. The third kappa shape index (κ3) is 5.45. The molecule has 0 saturated carbocycles. The first kappa shape index (κ1) is 12.9. The number of rotatable bonds is 7. The summed E-state index contributed by atoms with van der Waals surface area (Å²) in [6.07, 6.45) is 4.68. The summed E-state index contributed by atoms with van der Waals surface area (Å²) in [6, 6.07) is 7.99. The second-order valence-corrected chi connectivity index (χ2v) is 4.86. The van der Waals surface area contributed by atoms with Crippen LogP contribution >= 0.6 is 23.4 Å². The van der Waals surface area contributed by atoms with Crippen molar-refractivity contribution in [2.24, 2.45) is 0 Å². The monoisotopic (exact) mass is 243 g/mol. The summed E-state index contributed by atoms with van der Waals surface area (Å²) in [5.41, 5.74) is 1.18. The van der Waals surface area contributed by atoms with Gasteiger partial charge in [-0.25, -0.2) is 0 Å². The van der Waals surface area contributed by atoms with Gasteiger partial charge in [0.15, 0.2) is 0 Å². The molecule has 0 fully saturated rings. The summed E-state index contributed by atoms with van der Waals surface area (Å²) in [4.78, 5) is 0. The van der Waals surface area contributed by atoms with E-state index in [2.05, 4.69) is 17.6 Å². The minimum absolute atomic E-state index is 0.856. The molecule has 0 aliphatic carbocycles. The molecule has 1 nitrogen and oxygen atoms in total. The molecular formula is C12H18ClNS. The van der Waals surface area contributed by atoms with Gasteiger partial charge in [0.05, 0.1) is 0 Å². The van der Waals surface area contributed by atoms with Crippen molar-refractivity contribution in [2.45, 2.75) is 19.4 Å². The number of hydrogen-bond acceptors (Lipinski definition) is 2. The van der Waals surface area contributed by atoms with Crippen molar-refractivity contribution in [1.29, 1.82) is 0 Å². The zero-order valence-electron chi connectivity index (χ0n) is 9.13. The number of nitrogens with one attached hydrogen (secondary N) is 1. The predicted octanol–water partition coefficient (Wildman–Crippen LogP) is 3.57. The van der Waals surface area contributed by atoms with Gasteiger partial charge in [-0.05, 0) is 43.0 Å². The molecule has 0 amide bonds. The molecule has 3 heteroatoms. The van der Waals surface area contributed by atoms with Crippen LogP contribution in [0.1, 0.15) is 18.4 Å². The largest absolute Gasteiger partial charge is 0.313 e. The highest BCUT2D eigenvalue weighted by atomic mass is 35.5. The molecule has 0 heterocycles. The second kappa shape index (κ2) is 8.03. The Kier molecular flexibility index (Phi) is 6.90. The third-order valence-corrected chi connectivity index (χ3v) is 3.29. The van der Waals surface area contributed by atoms with Gasteiger partial charge >= 0.3 is 0 Å². The molecular weight excluding hydrogens is 226 g/mol. The quantitative estimate of drug-likeness (QED) is 0.735. The van der Waals surface area contributed by atoms with Crippen molar-refractivity contribution in [3.8, 4) is 0 Å². The molecule has 0 aromatic heterocycles. The fourth-order valence-corrected chi connectivity index (χ4v) is 2.06. The van der Waals surface area contributed by atoms with Crippen LogP contribution in [0.25, 0.3) is 0 Å². The van der Waals surface area contributed by atoms with Crippen LogP contribution in [0.3, 0.4) is 0 Å². The van der Waals surface area contributed by atoms with Gasteiger partial charge in [0, 0.05) is 11.6 Å². The summed E-state index contributed by atoms with van der Waals surface area (Å²) in [5, 5.41) is 4.26. The van der Waals surface area contributed by atoms with E-state index in [-0.39, 0.29) is 0 Å². The van der Waals surface area contributed by atoms with Gasteiger partial charge in [-0.2, -0.15) is 11.8 Å². The topological polar surface area (TPSA) is 12.0 Å². The van der Waals surface area contributed by atoms with E-state index in [4.69, 9.17) is 11.6 Å². The zero-order chi connectivity index (χ0) is 10.9. The van der Waals surface area contributed by atoms with Gasteiger partial charge < -0.3 is 5.32 Å². The van der Waals surface area contributed by atoms with Gasteiger partial charge in [0.1, 0.15) is 0 Å². The average molecular weight is 244 g/mol. The summed E-state index contributed by atoms with van der Waals surface area (Å²) in [6.45, 7) is 1.95. The van der Waals surface area contributed by atoms with Crippen molar-refractivity contribution in [1.82, 2.24) is 5.32 Å². The van der Waals surface area contributed by atoms with E-state index in [0.29, 0.717) is 0 Å². The Bertz CT molecular complexity index is 278. The van der Waals surface area contributed by atoms with Crippen molar-refractivity contribution in [3.05, 3.63) is 34.9 Å². The lowest BCUT2D eigenvalue weighted by molar-refractivity contribution is 0.644. The zero-order valence-corrected chi connectivity index (χ0v) is 10.7. The van der Waals surface area contributed by atoms with Crippen molar-refractivity contribution < 1.29 is 0 Å². The summed E-state index contributed by atoms with van der Waals surface area (Å²) in [5.74, 6) is 1.26. The first-order valence-corrected chi connectivity index (χ1v) is 7.05. The molecule has 1 N–H and O–H groups in total. The molecule has 0 bridgehead atoms. The standard InChI is InChI=1S/C12H18ClNS/c1-15-9-5-4-8-14-10-11-6-2-3-7-12(11)13/h2-3,6-7,14H,4-5,8-10H2,1H3. The first-order chi connectivity index (χ1) is 7.34. The molecule has 0 aliphatic heterocycles. The van der Waals surface area contributed by atoms with E-state index in [1.54, 1.807) is 0 Å². The fourth-order valence-electron chi connectivity index (χ4n) is 1.36. The average Bonchev–Trinajstić information content (AvgIpc) is 2.25. The van der Waals surface area contributed by atoms with E-state index in [0.717, 1.165) is 18.1 Å². The minimum Gasteiger partial charge on any atom is -0.313 e. The molecule has 1 rings (SSSR count). The summed E-state index contributed by atoms with van der Waals surface area (Å²) < 4.78 is 0. The van der Waals surface area contributed by atoms with E-state index in [1.807, 2.05) is 30.0 Å².